The number of carbonyl (C=O) groups excluding carboxylic acids is 1. The SMILES string of the molecule is CNCCc1cc(C(=O)OC)c(C)cc1C. The Bertz CT molecular complexity index is 386. The average Bonchev–Trinajstić information content (AvgIpc) is 2.27. The third-order valence-corrected chi connectivity index (χ3v) is 2.73. The Morgan fingerprint density at radius 3 is 2.56 bits per heavy atom. The van der Waals surface area contributed by atoms with Crippen LogP contribution in [0.2, 0.25) is 0 Å². The van der Waals surface area contributed by atoms with Crippen LogP contribution in [-0.4, -0.2) is 26.7 Å². The first-order valence-corrected chi connectivity index (χ1v) is 5.43. The van der Waals surface area contributed by atoms with E-state index in [9.17, 15) is 4.79 Å². The molecule has 0 amide bonds. The number of nitrogens with one attached hydrogen (secondary N) is 1. The maximum atomic E-state index is 11.5. The summed E-state index contributed by atoms with van der Waals surface area (Å²) in [5.41, 5.74) is 4.05. The maximum Gasteiger partial charge on any atom is 0.338 e. The van der Waals surface area contributed by atoms with Crippen molar-refractivity contribution >= 4 is 5.97 Å². The van der Waals surface area contributed by atoms with E-state index >= 15 is 0 Å². The van der Waals surface area contributed by atoms with Gasteiger partial charge in [-0.1, -0.05) is 6.07 Å². The molecular weight excluding hydrogens is 202 g/mol. The minimum atomic E-state index is -0.261. The Balaban J connectivity index is 3.06. The summed E-state index contributed by atoms with van der Waals surface area (Å²) in [4.78, 5) is 11.5. The second kappa shape index (κ2) is 5.66. The molecule has 0 aliphatic rings. The van der Waals surface area contributed by atoms with Crippen molar-refractivity contribution in [2.75, 3.05) is 20.7 Å². The average molecular weight is 221 g/mol. The topological polar surface area (TPSA) is 38.3 Å². The van der Waals surface area contributed by atoms with Crippen molar-refractivity contribution in [2.24, 2.45) is 0 Å². The summed E-state index contributed by atoms with van der Waals surface area (Å²) in [5, 5.41) is 3.10. The van der Waals surface area contributed by atoms with Crippen LogP contribution in [0, 0.1) is 13.8 Å². The molecule has 0 radical (unpaired) electrons. The lowest BCUT2D eigenvalue weighted by Gasteiger charge is -2.10. The second-order valence-electron chi connectivity index (χ2n) is 3.94. The van der Waals surface area contributed by atoms with E-state index in [1.807, 2.05) is 26.1 Å². The van der Waals surface area contributed by atoms with Gasteiger partial charge in [-0.2, -0.15) is 0 Å². The van der Waals surface area contributed by atoms with E-state index in [1.54, 1.807) is 0 Å². The van der Waals surface area contributed by atoms with Crippen LogP contribution in [0.1, 0.15) is 27.0 Å². The number of ether oxygens (including phenoxy) is 1. The highest BCUT2D eigenvalue weighted by molar-refractivity contribution is 5.91. The predicted octanol–water partition coefficient (Wildman–Crippen LogP) is 1.85. The van der Waals surface area contributed by atoms with Crippen LogP contribution in [0.4, 0.5) is 0 Å². The number of methoxy groups -OCH3 is 1. The van der Waals surface area contributed by atoms with Crippen molar-refractivity contribution in [3.05, 3.63) is 34.4 Å². The van der Waals surface area contributed by atoms with Crippen molar-refractivity contribution in [1.29, 1.82) is 0 Å². The van der Waals surface area contributed by atoms with Gasteiger partial charge in [-0.05, 0) is 56.6 Å². The van der Waals surface area contributed by atoms with E-state index < -0.39 is 0 Å². The van der Waals surface area contributed by atoms with Crippen molar-refractivity contribution in [2.45, 2.75) is 20.3 Å². The second-order valence-corrected chi connectivity index (χ2v) is 3.94. The fraction of sp³-hybridized carbons (Fsp3) is 0.462. The molecule has 0 fully saturated rings. The van der Waals surface area contributed by atoms with E-state index in [4.69, 9.17) is 4.74 Å². The number of hydrogen-bond acceptors (Lipinski definition) is 3. The van der Waals surface area contributed by atoms with Crippen molar-refractivity contribution in [3.63, 3.8) is 0 Å². The standard InChI is InChI=1S/C13H19NO2/c1-9-7-10(2)12(13(15)16-4)8-11(9)5-6-14-3/h7-8,14H,5-6H2,1-4H3. The van der Waals surface area contributed by atoms with E-state index in [1.165, 1.54) is 18.2 Å². The van der Waals surface area contributed by atoms with Gasteiger partial charge < -0.3 is 10.1 Å². The molecule has 0 aliphatic carbocycles. The monoisotopic (exact) mass is 221 g/mol. The van der Waals surface area contributed by atoms with Gasteiger partial charge in [0.1, 0.15) is 0 Å². The minimum Gasteiger partial charge on any atom is -0.465 e. The molecule has 3 nitrogen and oxygen atoms in total. The summed E-state index contributed by atoms with van der Waals surface area (Å²) in [5.74, 6) is -0.261. The Kier molecular flexibility index (Phi) is 4.50. The van der Waals surface area contributed by atoms with Gasteiger partial charge in [0, 0.05) is 0 Å². The van der Waals surface area contributed by atoms with Crippen LogP contribution < -0.4 is 5.32 Å². The molecule has 0 aromatic heterocycles. The minimum absolute atomic E-state index is 0.261. The van der Waals surface area contributed by atoms with Gasteiger partial charge in [0.25, 0.3) is 0 Å². The summed E-state index contributed by atoms with van der Waals surface area (Å²) in [6.07, 6.45) is 0.923. The maximum absolute atomic E-state index is 11.5. The fourth-order valence-corrected chi connectivity index (χ4v) is 1.76. The highest BCUT2D eigenvalue weighted by atomic mass is 16.5. The van der Waals surface area contributed by atoms with E-state index in [0.717, 1.165) is 18.5 Å². The van der Waals surface area contributed by atoms with Crippen LogP contribution >= 0.6 is 0 Å². The van der Waals surface area contributed by atoms with Gasteiger partial charge >= 0.3 is 5.97 Å². The van der Waals surface area contributed by atoms with Gasteiger partial charge in [-0.3, -0.25) is 0 Å². The van der Waals surface area contributed by atoms with Gasteiger partial charge in [-0.25, -0.2) is 4.79 Å². The van der Waals surface area contributed by atoms with Crippen LogP contribution in [0.25, 0.3) is 0 Å². The Morgan fingerprint density at radius 2 is 2.00 bits per heavy atom. The summed E-state index contributed by atoms with van der Waals surface area (Å²) >= 11 is 0. The number of hydrogen-bond donors (Lipinski definition) is 1. The lowest BCUT2D eigenvalue weighted by molar-refractivity contribution is 0.0600. The molecule has 16 heavy (non-hydrogen) atoms. The molecule has 1 N–H and O–H groups in total. The molecule has 0 heterocycles. The lowest BCUT2D eigenvalue weighted by Crippen LogP contribution is -2.12. The number of carbonyl (C=O) groups is 1. The first kappa shape index (κ1) is 12.7. The molecule has 0 spiro atoms. The normalized spacial score (nSPS) is 10.2. The van der Waals surface area contributed by atoms with Crippen LogP contribution in [0.15, 0.2) is 12.1 Å². The van der Waals surface area contributed by atoms with Crippen LogP contribution in [-0.2, 0) is 11.2 Å². The molecule has 0 unspecified atom stereocenters. The zero-order chi connectivity index (χ0) is 12.1. The predicted molar refractivity (Wildman–Crippen MR) is 64.9 cm³/mol. The van der Waals surface area contributed by atoms with E-state index in [2.05, 4.69) is 12.2 Å². The zero-order valence-corrected chi connectivity index (χ0v) is 10.4. The molecule has 1 rings (SSSR count). The Hall–Kier alpha value is -1.35. The Labute approximate surface area is 96.8 Å². The molecule has 0 bridgehead atoms. The quantitative estimate of drug-likeness (QED) is 0.789. The lowest BCUT2D eigenvalue weighted by atomic mass is 9.98. The highest BCUT2D eigenvalue weighted by Gasteiger charge is 2.11. The first-order valence-electron chi connectivity index (χ1n) is 5.43. The van der Waals surface area contributed by atoms with E-state index in [0.29, 0.717) is 5.56 Å². The zero-order valence-electron chi connectivity index (χ0n) is 10.4. The smallest absolute Gasteiger partial charge is 0.338 e. The van der Waals surface area contributed by atoms with Crippen molar-refractivity contribution < 1.29 is 9.53 Å². The summed E-state index contributed by atoms with van der Waals surface area (Å²) in [7, 11) is 3.33. The number of aryl methyl sites for hydroxylation is 2. The third kappa shape index (κ3) is 2.83. The first-order chi connectivity index (χ1) is 7.60. The molecule has 0 saturated carbocycles. The van der Waals surface area contributed by atoms with Crippen molar-refractivity contribution in [1.82, 2.24) is 5.32 Å². The summed E-state index contributed by atoms with van der Waals surface area (Å²) < 4.78 is 4.76. The molecule has 3 heteroatoms. The number of benzene rings is 1. The molecule has 0 atom stereocenters. The van der Waals surface area contributed by atoms with Gasteiger partial charge in [-0.15, -0.1) is 0 Å². The largest absolute Gasteiger partial charge is 0.465 e. The molecule has 88 valence electrons. The van der Waals surface area contributed by atoms with Gasteiger partial charge in [0.2, 0.25) is 0 Å². The number of likely N-dealkylation sites (N-methyl/N-ethyl adjacent to an activating group) is 1. The summed E-state index contributed by atoms with van der Waals surface area (Å²) in [6.45, 7) is 4.91. The number of rotatable bonds is 4. The molecule has 1 aromatic carbocycles. The molecular formula is C13H19NO2. The highest BCUT2D eigenvalue weighted by Crippen LogP contribution is 2.17. The molecule has 0 aliphatic heterocycles. The van der Waals surface area contributed by atoms with Crippen molar-refractivity contribution in [3.8, 4) is 0 Å². The van der Waals surface area contributed by atoms with Gasteiger partial charge in [0.05, 0.1) is 12.7 Å². The van der Waals surface area contributed by atoms with Gasteiger partial charge in [0.15, 0.2) is 0 Å². The van der Waals surface area contributed by atoms with E-state index in [-0.39, 0.29) is 5.97 Å². The third-order valence-electron chi connectivity index (χ3n) is 2.73. The fourth-order valence-electron chi connectivity index (χ4n) is 1.76. The Morgan fingerprint density at radius 1 is 1.31 bits per heavy atom. The van der Waals surface area contributed by atoms with Crippen LogP contribution in [0.3, 0.4) is 0 Å². The molecule has 0 saturated heterocycles. The molecule has 1 aromatic rings. The van der Waals surface area contributed by atoms with Crippen LogP contribution in [0.5, 0.6) is 0 Å². The summed E-state index contributed by atoms with van der Waals surface area (Å²) in [6, 6.07) is 3.98. The number of esters is 1.